The number of aliphatic imine (C=N–C) groups is 1. The smallest absolute Gasteiger partial charge is 0.0494 e. The fourth-order valence-corrected chi connectivity index (χ4v) is 0.681. The standard InChI is InChI=1S/C11H21N/c1-5-6-7-8-9-12-11(4)10(2)3/h7-11H,5-6H2,1-4H3/b8-7-,12-9-. The molecule has 0 amide bonds. The zero-order valence-electron chi connectivity index (χ0n) is 8.75. The maximum atomic E-state index is 4.38. The Morgan fingerprint density at radius 3 is 2.42 bits per heavy atom. The van der Waals surface area contributed by atoms with Crippen LogP contribution < -0.4 is 0 Å². The van der Waals surface area contributed by atoms with Gasteiger partial charge in [-0.1, -0.05) is 33.3 Å². The third-order valence-electron chi connectivity index (χ3n) is 1.96. The van der Waals surface area contributed by atoms with Crippen LogP contribution in [-0.4, -0.2) is 12.3 Å². The summed E-state index contributed by atoms with van der Waals surface area (Å²) in [6, 6.07) is 0.441. The molecule has 0 aliphatic carbocycles. The number of rotatable bonds is 5. The average Bonchev–Trinajstić information content (AvgIpc) is 2.03. The molecule has 0 N–H and O–H groups in total. The van der Waals surface area contributed by atoms with E-state index in [-0.39, 0.29) is 0 Å². The van der Waals surface area contributed by atoms with Crippen molar-refractivity contribution in [2.75, 3.05) is 0 Å². The van der Waals surface area contributed by atoms with Gasteiger partial charge in [-0.05, 0) is 25.3 Å². The molecule has 0 saturated carbocycles. The first kappa shape index (κ1) is 11.4. The van der Waals surface area contributed by atoms with E-state index in [9.17, 15) is 0 Å². The molecule has 1 nitrogen and oxygen atoms in total. The number of unbranched alkanes of at least 4 members (excludes halogenated alkanes) is 1. The lowest BCUT2D eigenvalue weighted by Gasteiger charge is -2.08. The summed E-state index contributed by atoms with van der Waals surface area (Å²) in [6.07, 6.45) is 8.49. The Kier molecular flexibility index (Phi) is 6.73. The maximum Gasteiger partial charge on any atom is 0.0494 e. The number of allylic oxidation sites excluding steroid dienone is 2. The van der Waals surface area contributed by atoms with Gasteiger partial charge in [-0.15, -0.1) is 0 Å². The Bertz CT molecular complexity index is 145. The van der Waals surface area contributed by atoms with Gasteiger partial charge in [0.25, 0.3) is 0 Å². The highest BCUT2D eigenvalue weighted by Crippen LogP contribution is 2.03. The van der Waals surface area contributed by atoms with E-state index >= 15 is 0 Å². The minimum absolute atomic E-state index is 0.441. The Morgan fingerprint density at radius 1 is 1.25 bits per heavy atom. The van der Waals surface area contributed by atoms with E-state index in [0.717, 1.165) is 6.42 Å². The fourth-order valence-electron chi connectivity index (χ4n) is 0.681. The first-order chi connectivity index (χ1) is 5.68. The van der Waals surface area contributed by atoms with Gasteiger partial charge in [0.1, 0.15) is 0 Å². The molecule has 0 radical (unpaired) electrons. The largest absolute Gasteiger partial charge is 0.290 e. The second-order valence-electron chi connectivity index (χ2n) is 3.50. The van der Waals surface area contributed by atoms with Gasteiger partial charge >= 0.3 is 0 Å². The van der Waals surface area contributed by atoms with E-state index in [4.69, 9.17) is 0 Å². The van der Waals surface area contributed by atoms with Crippen molar-refractivity contribution in [1.82, 2.24) is 0 Å². The lowest BCUT2D eigenvalue weighted by Crippen LogP contribution is -2.06. The molecule has 0 aromatic rings. The van der Waals surface area contributed by atoms with Gasteiger partial charge in [0, 0.05) is 12.3 Å². The second kappa shape index (κ2) is 7.08. The number of hydrogen-bond donors (Lipinski definition) is 0. The normalized spacial score (nSPS) is 15.1. The van der Waals surface area contributed by atoms with Crippen molar-refractivity contribution in [3.63, 3.8) is 0 Å². The van der Waals surface area contributed by atoms with Crippen LogP contribution in [0.25, 0.3) is 0 Å². The first-order valence-electron chi connectivity index (χ1n) is 4.86. The van der Waals surface area contributed by atoms with Gasteiger partial charge in [-0.2, -0.15) is 0 Å². The summed E-state index contributed by atoms with van der Waals surface area (Å²) >= 11 is 0. The first-order valence-corrected chi connectivity index (χ1v) is 4.86. The highest BCUT2D eigenvalue weighted by Gasteiger charge is 2.01. The summed E-state index contributed by atoms with van der Waals surface area (Å²) in [6.45, 7) is 8.71. The van der Waals surface area contributed by atoms with Crippen LogP contribution in [0.3, 0.4) is 0 Å². The molecule has 0 aliphatic rings. The van der Waals surface area contributed by atoms with Gasteiger partial charge in [0.15, 0.2) is 0 Å². The molecule has 1 unspecified atom stereocenters. The van der Waals surface area contributed by atoms with Gasteiger partial charge in [-0.3, -0.25) is 4.99 Å². The molecule has 1 heteroatoms. The van der Waals surface area contributed by atoms with Crippen molar-refractivity contribution < 1.29 is 0 Å². The molecule has 12 heavy (non-hydrogen) atoms. The highest BCUT2D eigenvalue weighted by atomic mass is 14.8. The number of nitrogens with zero attached hydrogens (tertiary/aromatic N) is 1. The summed E-state index contributed by atoms with van der Waals surface area (Å²) in [7, 11) is 0. The Labute approximate surface area is 76.6 Å². The highest BCUT2D eigenvalue weighted by molar-refractivity contribution is 5.71. The van der Waals surface area contributed by atoms with E-state index < -0.39 is 0 Å². The molecule has 1 atom stereocenters. The van der Waals surface area contributed by atoms with E-state index in [2.05, 4.69) is 38.8 Å². The molecule has 0 saturated heterocycles. The zero-order chi connectivity index (χ0) is 9.40. The van der Waals surface area contributed by atoms with Crippen molar-refractivity contribution in [3.05, 3.63) is 12.2 Å². The van der Waals surface area contributed by atoms with Crippen LogP contribution in [0.15, 0.2) is 17.1 Å². The second-order valence-corrected chi connectivity index (χ2v) is 3.50. The van der Waals surface area contributed by atoms with Crippen molar-refractivity contribution in [2.24, 2.45) is 10.9 Å². The van der Waals surface area contributed by atoms with Crippen molar-refractivity contribution in [1.29, 1.82) is 0 Å². The molecule has 0 aromatic heterocycles. The average molecular weight is 167 g/mol. The molecular formula is C11H21N. The molecule has 70 valence electrons. The van der Waals surface area contributed by atoms with Crippen molar-refractivity contribution in [2.45, 2.75) is 46.6 Å². The van der Waals surface area contributed by atoms with Crippen LogP contribution in [0, 0.1) is 5.92 Å². The summed E-state index contributed by atoms with van der Waals surface area (Å²) in [4.78, 5) is 4.38. The molecule has 0 aromatic carbocycles. The molecule has 0 heterocycles. The zero-order valence-corrected chi connectivity index (χ0v) is 8.75. The Hall–Kier alpha value is -0.590. The maximum absolute atomic E-state index is 4.38. The number of hydrogen-bond acceptors (Lipinski definition) is 1. The van der Waals surface area contributed by atoms with E-state index in [0.29, 0.717) is 12.0 Å². The van der Waals surface area contributed by atoms with E-state index in [1.165, 1.54) is 6.42 Å². The van der Waals surface area contributed by atoms with Gasteiger partial charge in [0.2, 0.25) is 0 Å². The molecule has 0 fully saturated rings. The minimum atomic E-state index is 0.441. The molecule has 0 aliphatic heterocycles. The predicted molar refractivity (Wildman–Crippen MR) is 56.8 cm³/mol. The van der Waals surface area contributed by atoms with Gasteiger partial charge < -0.3 is 0 Å². The summed E-state index contributed by atoms with van der Waals surface area (Å²) in [5.41, 5.74) is 0. The quantitative estimate of drug-likeness (QED) is 0.556. The molecule has 0 rings (SSSR count). The summed E-state index contributed by atoms with van der Waals surface area (Å²) < 4.78 is 0. The SMILES string of the molecule is CCC/C=C\C=N/C(C)C(C)C. The third kappa shape index (κ3) is 6.14. The van der Waals surface area contributed by atoms with Crippen LogP contribution >= 0.6 is 0 Å². The van der Waals surface area contributed by atoms with Crippen molar-refractivity contribution in [3.8, 4) is 0 Å². The monoisotopic (exact) mass is 167 g/mol. The van der Waals surface area contributed by atoms with Gasteiger partial charge in [-0.25, -0.2) is 0 Å². The van der Waals surface area contributed by atoms with Crippen LogP contribution in [0.2, 0.25) is 0 Å². The Balaban J connectivity index is 3.60. The van der Waals surface area contributed by atoms with Crippen molar-refractivity contribution >= 4 is 6.21 Å². The lowest BCUT2D eigenvalue weighted by atomic mass is 10.1. The predicted octanol–water partition coefficient (Wildman–Crippen LogP) is 3.46. The van der Waals surface area contributed by atoms with Crippen LogP contribution in [-0.2, 0) is 0 Å². The Morgan fingerprint density at radius 2 is 1.92 bits per heavy atom. The van der Waals surface area contributed by atoms with Gasteiger partial charge in [0.05, 0.1) is 0 Å². The van der Waals surface area contributed by atoms with E-state index in [1.807, 2.05) is 12.3 Å². The summed E-state index contributed by atoms with van der Waals surface area (Å²) in [5, 5.41) is 0. The van der Waals surface area contributed by atoms with Crippen LogP contribution in [0.4, 0.5) is 0 Å². The lowest BCUT2D eigenvalue weighted by molar-refractivity contribution is 0.533. The minimum Gasteiger partial charge on any atom is -0.290 e. The molecule has 0 bridgehead atoms. The third-order valence-corrected chi connectivity index (χ3v) is 1.96. The van der Waals surface area contributed by atoms with Crippen LogP contribution in [0.1, 0.15) is 40.5 Å². The summed E-state index contributed by atoms with van der Waals surface area (Å²) in [5.74, 6) is 0.640. The topological polar surface area (TPSA) is 12.4 Å². The molecule has 0 spiro atoms. The molecular weight excluding hydrogens is 146 g/mol. The van der Waals surface area contributed by atoms with Crippen LogP contribution in [0.5, 0.6) is 0 Å². The fraction of sp³-hybridized carbons (Fsp3) is 0.727. The van der Waals surface area contributed by atoms with E-state index in [1.54, 1.807) is 0 Å².